The number of rotatable bonds is 4. The summed E-state index contributed by atoms with van der Waals surface area (Å²) < 4.78 is 4.62. The van der Waals surface area contributed by atoms with Crippen LogP contribution in [0.1, 0.15) is 20.8 Å². The number of allylic oxidation sites excluding steroid dienone is 1. The molecular weight excluding hydrogens is 184 g/mol. The molecule has 0 unspecified atom stereocenters. The van der Waals surface area contributed by atoms with E-state index in [1.54, 1.807) is 20.8 Å². The molecule has 0 aliphatic heterocycles. The zero-order chi connectivity index (χ0) is 11.1. The van der Waals surface area contributed by atoms with Crippen molar-refractivity contribution in [3.63, 3.8) is 0 Å². The SMILES string of the molecule is CCOC(=O)CNC(=O)C(N)=C(C)C. The van der Waals surface area contributed by atoms with Crippen LogP contribution >= 0.6 is 0 Å². The Morgan fingerprint density at radius 3 is 2.36 bits per heavy atom. The number of ether oxygens (including phenoxy) is 1. The molecule has 0 atom stereocenters. The first-order valence-corrected chi connectivity index (χ1v) is 4.35. The summed E-state index contributed by atoms with van der Waals surface area (Å²) in [5.74, 6) is -0.916. The zero-order valence-electron chi connectivity index (χ0n) is 8.72. The molecule has 0 heterocycles. The molecule has 14 heavy (non-hydrogen) atoms. The van der Waals surface area contributed by atoms with Gasteiger partial charge in [-0.25, -0.2) is 0 Å². The maximum atomic E-state index is 11.2. The van der Waals surface area contributed by atoms with Gasteiger partial charge < -0.3 is 15.8 Å². The third-order valence-electron chi connectivity index (χ3n) is 1.48. The van der Waals surface area contributed by atoms with Crippen LogP contribution in [0.3, 0.4) is 0 Å². The lowest BCUT2D eigenvalue weighted by Gasteiger charge is -2.05. The number of hydrogen-bond acceptors (Lipinski definition) is 4. The predicted molar refractivity (Wildman–Crippen MR) is 52.2 cm³/mol. The lowest BCUT2D eigenvalue weighted by molar-refractivity contribution is -0.143. The first-order valence-electron chi connectivity index (χ1n) is 4.35. The van der Waals surface area contributed by atoms with Gasteiger partial charge in [-0.1, -0.05) is 0 Å². The second kappa shape index (κ2) is 6.01. The van der Waals surface area contributed by atoms with Crippen LogP contribution in [0.25, 0.3) is 0 Å². The highest BCUT2D eigenvalue weighted by Crippen LogP contribution is 1.94. The molecule has 0 saturated heterocycles. The lowest BCUT2D eigenvalue weighted by Crippen LogP contribution is -2.34. The monoisotopic (exact) mass is 200 g/mol. The number of amides is 1. The summed E-state index contributed by atoms with van der Waals surface area (Å²) >= 11 is 0. The molecule has 0 aliphatic rings. The molecule has 1 amide bonds. The average Bonchev–Trinajstić information content (AvgIpc) is 2.13. The number of nitrogens with two attached hydrogens (primary N) is 1. The van der Waals surface area contributed by atoms with E-state index in [-0.39, 0.29) is 12.2 Å². The summed E-state index contributed by atoms with van der Waals surface area (Å²) in [7, 11) is 0. The molecule has 0 fully saturated rings. The average molecular weight is 200 g/mol. The van der Waals surface area contributed by atoms with Crippen molar-refractivity contribution in [2.45, 2.75) is 20.8 Å². The van der Waals surface area contributed by atoms with Gasteiger partial charge in [0, 0.05) is 0 Å². The second-order valence-corrected chi connectivity index (χ2v) is 2.90. The number of hydrogen-bond donors (Lipinski definition) is 2. The fourth-order valence-electron chi connectivity index (χ4n) is 0.687. The number of nitrogens with one attached hydrogen (secondary N) is 1. The van der Waals surface area contributed by atoms with Crippen LogP contribution in [0, 0.1) is 0 Å². The van der Waals surface area contributed by atoms with Crippen LogP contribution in [-0.2, 0) is 14.3 Å². The van der Waals surface area contributed by atoms with Gasteiger partial charge in [0.25, 0.3) is 5.91 Å². The molecule has 0 aliphatic carbocycles. The van der Waals surface area contributed by atoms with Gasteiger partial charge in [-0.05, 0) is 26.3 Å². The number of carbonyl (C=O) groups excluding carboxylic acids is 2. The van der Waals surface area contributed by atoms with E-state index in [2.05, 4.69) is 10.1 Å². The standard InChI is InChI=1S/C9H16N2O3/c1-4-14-7(12)5-11-9(13)8(10)6(2)3/h4-5,10H2,1-3H3,(H,11,13). The minimum atomic E-state index is -0.470. The third kappa shape index (κ3) is 4.49. The fraction of sp³-hybridized carbons (Fsp3) is 0.556. The Bertz CT molecular complexity index is 255. The van der Waals surface area contributed by atoms with E-state index < -0.39 is 11.9 Å². The second-order valence-electron chi connectivity index (χ2n) is 2.90. The van der Waals surface area contributed by atoms with E-state index in [0.717, 1.165) is 0 Å². The molecule has 5 heteroatoms. The number of esters is 1. The van der Waals surface area contributed by atoms with Gasteiger partial charge in [0.2, 0.25) is 0 Å². The third-order valence-corrected chi connectivity index (χ3v) is 1.48. The molecule has 0 radical (unpaired) electrons. The van der Waals surface area contributed by atoms with Gasteiger partial charge in [-0.2, -0.15) is 0 Å². The first-order chi connectivity index (χ1) is 6.49. The zero-order valence-corrected chi connectivity index (χ0v) is 8.72. The quantitative estimate of drug-likeness (QED) is 0.491. The molecule has 5 nitrogen and oxygen atoms in total. The lowest BCUT2D eigenvalue weighted by atomic mass is 10.2. The largest absolute Gasteiger partial charge is 0.465 e. The molecule has 0 rings (SSSR count). The normalized spacial score (nSPS) is 9.07. The highest BCUT2D eigenvalue weighted by Gasteiger charge is 2.08. The molecule has 0 saturated carbocycles. The summed E-state index contributed by atoms with van der Waals surface area (Å²) in [6, 6.07) is 0. The summed E-state index contributed by atoms with van der Waals surface area (Å²) in [5.41, 5.74) is 6.28. The molecular formula is C9H16N2O3. The van der Waals surface area contributed by atoms with E-state index in [4.69, 9.17) is 5.73 Å². The summed E-state index contributed by atoms with van der Waals surface area (Å²) in [6.07, 6.45) is 0. The summed E-state index contributed by atoms with van der Waals surface area (Å²) in [4.78, 5) is 22.0. The van der Waals surface area contributed by atoms with Crippen LogP contribution in [0.4, 0.5) is 0 Å². The topological polar surface area (TPSA) is 81.4 Å². The maximum absolute atomic E-state index is 11.2. The fourth-order valence-corrected chi connectivity index (χ4v) is 0.687. The van der Waals surface area contributed by atoms with Crippen LogP contribution in [-0.4, -0.2) is 25.0 Å². The highest BCUT2D eigenvalue weighted by molar-refractivity contribution is 5.94. The molecule has 0 aromatic heterocycles. The Hall–Kier alpha value is -1.52. The van der Waals surface area contributed by atoms with E-state index in [1.165, 1.54) is 0 Å². The minimum Gasteiger partial charge on any atom is -0.465 e. The van der Waals surface area contributed by atoms with Gasteiger partial charge in [0.1, 0.15) is 6.54 Å². The summed E-state index contributed by atoms with van der Waals surface area (Å²) in [6.45, 7) is 5.29. The van der Waals surface area contributed by atoms with Gasteiger partial charge in [0.15, 0.2) is 0 Å². The van der Waals surface area contributed by atoms with Crippen molar-refractivity contribution in [3.05, 3.63) is 11.3 Å². The van der Waals surface area contributed by atoms with Crippen LogP contribution < -0.4 is 11.1 Å². The Morgan fingerprint density at radius 1 is 1.36 bits per heavy atom. The van der Waals surface area contributed by atoms with Crippen LogP contribution in [0.2, 0.25) is 0 Å². The Balaban J connectivity index is 3.98. The summed E-state index contributed by atoms with van der Waals surface area (Å²) in [5, 5.41) is 2.35. The van der Waals surface area contributed by atoms with Crippen molar-refractivity contribution in [2.24, 2.45) is 5.73 Å². The minimum absolute atomic E-state index is 0.134. The van der Waals surface area contributed by atoms with E-state index in [0.29, 0.717) is 12.2 Å². The number of carbonyl (C=O) groups is 2. The molecule has 0 aromatic carbocycles. The molecule has 3 N–H and O–H groups in total. The van der Waals surface area contributed by atoms with E-state index >= 15 is 0 Å². The van der Waals surface area contributed by atoms with Crippen molar-refractivity contribution in [1.29, 1.82) is 0 Å². The Morgan fingerprint density at radius 2 is 1.93 bits per heavy atom. The van der Waals surface area contributed by atoms with E-state index in [1.807, 2.05) is 0 Å². The highest BCUT2D eigenvalue weighted by atomic mass is 16.5. The molecule has 80 valence electrons. The van der Waals surface area contributed by atoms with Crippen LogP contribution in [0.15, 0.2) is 11.3 Å². The first kappa shape index (κ1) is 12.5. The van der Waals surface area contributed by atoms with Gasteiger partial charge in [-0.3, -0.25) is 9.59 Å². The van der Waals surface area contributed by atoms with Crippen molar-refractivity contribution >= 4 is 11.9 Å². The Kier molecular flexibility index (Phi) is 5.36. The molecule has 0 bridgehead atoms. The molecule has 0 spiro atoms. The Labute approximate surface area is 83.3 Å². The molecule has 0 aromatic rings. The van der Waals surface area contributed by atoms with Gasteiger partial charge >= 0.3 is 5.97 Å². The van der Waals surface area contributed by atoms with Crippen molar-refractivity contribution in [2.75, 3.05) is 13.2 Å². The van der Waals surface area contributed by atoms with Crippen LogP contribution in [0.5, 0.6) is 0 Å². The predicted octanol–water partition coefficient (Wildman–Crippen LogP) is -0.0817. The van der Waals surface area contributed by atoms with Crippen molar-refractivity contribution in [3.8, 4) is 0 Å². The van der Waals surface area contributed by atoms with Gasteiger partial charge in [0.05, 0.1) is 12.3 Å². The van der Waals surface area contributed by atoms with Gasteiger partial charge in [-0.15, -0.1) is 0 Å². The maximum Gasteiger partial charge on any atom is 0.325 e. The van der Waals surface area contributed by atoms with E-state index in [9.17, 15) is 9.59 Å². The smallest absolute Gasteiger partial charge is 0.325 e. The van der Waals surface area contributed by atoms with Crippen molar-refractivity contribution < 1.29 is 14.3 Å². The van der Waals surface area contributed by atoms with Crippen molar-refractivity contribution in [1.82, 2.24) is 5.32 Å².